The number of anilines is 1. The van der Waals surface area contributed by atoms with E-state index in [1.807, 2.05) is 43.7 Å². The third-order valence-electron chi connectivity index (χ3n) is 4.35. The predicted molar refractivity (Wildman–Crippen MR) is 91.0 cm³/mol. The van der Waals surface area contributed by atoms with Crippen molar-refractivity contribution >= 4 is 11.7 Å². The van der Waals surface area contributed by atoms with Crippen molar-refractivity contribution in [1.29, 1.82) is 5.26 Å². The molecular formula is C17H20N6O. The number of nitriles is 1. The number of nitrogens with one attached hydrogen (secondary N) is 1. The molecule has 1 fully saturated rings. The molecule has 1 aliphatic rings. The quantitative estimate of drug-likeness (QED) is 0.877. The van der Waals surface area contributed by atoms with Gasteiger partial charge in [-0.25, -0.2) is 4.79 Å². The van der Waals surface area contributed by atoms with Gasteiger partial charge in [0, 0.05) is 44.6 Å². The minimum absolute atomic E-state index is 0.0688. The van der Waals surface area contributed by atoms with Gasteiger partial charge in [0.1, 0.15) is 0 Å². The molecule has 7 heteroatoms. The van der Waals surface area contributed by atoms with Gasteiger partial charge in [-0.2, -0.15) is 10.4 Å². The number of likely N-dealkylation sites (tertiary alicyclic amines) is 1. The lowest BCUT2D eigenvalue weighted by molar-refractivity contribution is 0.205. The van der Waals surface area contributed by atoms with Gasteiger partial charge >= 0.3 is 6.03 Å². The molecule has 1 aliphatic heterocycles. The van der Waals surface area contributed by atoms with Gasteiger partial charge in [0.25, 0.3) is 0 Å². The van der Waals surface area contributed by atoms with Crippen LogP contribution in [0, 0.1) is 11.5 Å². The Kier molecular flexibility index (Phi) is 4.38. The van der Waals surface area contributed by atoms with E-state index < -0.39 is 0 Å². The number of rotatable bonds is 3. The monoisotopic (exact) mass is 324 g/mol. The zero-order valence-electron chi connectivity index (χ0n) is 13.8. The number of hydrogen-bond acceptors (Lipinski definition) is 4. The van der Waals surface area contributed by atoms with Crippen molar-refractivity contribution in [2.24, 2.45) is 7.05 Å². The lowest BCUT2D eigenvalue weighted by Crippen LogP contribution is -2.41. The highest BCUT2D eigenvalue weighted by Crippen LogP contribution is 2.21. The molecule has 1 unspecified atom stereocenters. The Morgan fingerprint density at radius 2 is 2.12 bits per heavy atom. The molecule has 0 radical (unpaired) electrons. The molecule has 1 aromatic heterocycles. The number of benzene rings is 1. The molecule has 0 aliphatic carbocycles. The third-order valence-corrected chi connectivity index (χ3v) is 4.35. The van der Waals surface area contributed by atoms with Gasteiger partial charge < -0.3 is 15.1 Å². The number of hydrogen-bond donors (Lipinski definition) is 1. The second kappa shape index (κ2) is 6.62. The molecule has 2 aromatic rings. The highest BCUT2D eigenvalue weighted by molar-refractivity contribution is 5.89. The highest BCUT2D eigenvalue weighted by atomic mass is 16.2. The van der Waals surface area contributed by atoms with E-state index in [0.29, 0.717) is 13.1 Å². The Bertz CT molecular complexity index is 760. The summed E-state index contributed by atoms with van der Waals surface area (Å²) in [6.07, 6.45) is 6.70. The molecule has 2 amide bonds. The fourth-order valence-electron chi connectivity index (χ4n) is 2.84. The van der Waals surface area contributed by atoms with Crippen LogP contribution >= 0.6 is 0 Å². The van der Waals surface area contributed by atoms with Gasteiger partial charge in [-0.15, -0.1) is 0 Å². The number of urea groups is 1. The smallest absolute Gasteiger partial charge is 0.321 e. The van der Waals surface area contributed by atoms with Crippen LogP contribution in [0.3, 0.4) is 0 Å². The average molecular weight is 324 g/mol. The van der Waals surface area contributed by atoms with E-state index in [0.717, 1.165) is 23.2 Å². The van der Waals surface area contributed by atoms with Gasteiger partial charge in [-0.1, -0.05) is 12.1 Å². The summed E-state index contributed by atoms with van der Waals surface area (Å²) >= 11 is 0. The number of aromatic nitrogens is 2. The topological polar surface area (TPSA) is 77.2 Å². The third kappa shape index (κ3) is 3.33. The molecule has 1 aromatic carbocycles. The predicted octanol–water partition coefficient (Wildman–Crippen LogP) is 2.11. The largest absolute Gasteiger partial charge is 0.323 e. The number of carbonyl (C=O) groups is 1. The molecule has 124 valence electrons. The second-order valence-corrected chi connectivity index (χ2v) is 6.01. The first kappa shape index (κ1) is 15.9. The molecule has 3 rings (SSSR count). The number of likely N-dealkylation sites (N-methyl/N-ethyl adjacent to an activating group) is 1. The van der Waals surface area contributed by atoms with E-state index in [9.17, 15) is 4.79 Å². The molecule has 2 heterocycles. The van der Waals surface area contributed by atoms with Crippen LogP contribution in [0.1, 0.15) is 6.42 Å². The molecule has 1 atom stereocenters. The van der Waals surface area contributed by atoms with Crippen molar-refractivity contribution in [2.45, 2.75) is 12.5 Å². The van der Waals surface area contributed by atoms with Crippen molar-refractivity contribution < 1.29 is 4.79 Å². The van der Waals surface area contributed by atoms with Gasteiger partial charge in [0.05, 0.1) is 12.2 Å². The second-order valence-electron chi connectivity index (χ2n) is 6.01. The standard InChI is InChI=1S/C17H20N6O/c1-21-10-14(9-19-21)13-3-5-15(6-4-13)20-17(24)22(2)16-7-8-23(11-16)12-18/h3-6,9-10,16H,7-8,11H2,1-2H3,(H,20,24). The summed E-state index contributed by atoms with van der Waals surface area (Å²) in [7, 11) is 3.65. The normalized spacial score (nSPS) is 16.7. The summed E-state index contributed by atoms with van der Waals surface area (Å²) in [4.78, 5) is 15.7. The van der Waals surface area contributed by atoms with Crippen molar-refractivity contribution in [3.63, 3.8) is 0 Å². The van der Waals surface area contributed by atoms with Gasteiger partial charge in [-0.3, -0.25) is 4.68 Å². The molecule has 0 spiro atoms. The maximum Gasteiger partial charge on any atom is 0.321 e. The van der Waals surface area contributed by atoms with Crippen LogP contribution in [0.25, 0.3) is 11.1 Å². The summed E-state index contributed by atoms with van der Waals surface area (Å²) in [5.74, 6) is 0. The number of aryl methyl sites for hydroxylation is 1. The molecule has 0 saturated carbocycles. The Labute approximate surface area is 141 Å². The first-order valence-corrected chi connectivity index (χ1v) is 7.84. The van der Waals surface area contributed by atoms with Crippen LogP contribution in [0.2, 0.25) is 0 Å². The highest BCUT2D eigenvalue weighted by Gasteiger charge is 2.27. The molecular weight excluding hydrogens is 304 g/mol. The first-order valence-electron chi connectivity index (χ1n) is 7.84. The van der Waals surface area contributed by atoms with E-state index >= 15 is 0 Å². The van der Waals surface area contributed by atoms with Crippen LogP contribution in [-0.2, 0) is 7.05 Å². The Morgan fingerprint density at radius 3 is 2.71 bits per heavy atom. The molecule has 24 heavy (non-hydrogen) atoms. The maximum atomic E-state index is 12.4. The van der Waals surface area contributed by atoms with Crippen LogP contribution in [0.4, 0.5) is 10.5 Å². The molecule has 0 bridgehead atoms. The average Bonchev–Trinajstić information content (AvgIpc) is 3.23. The van der Waals surface area contributed by atoms with Crippen molar-refractivity contribution in [3.8, 4) is 17.3 Å². The Hall–Kier alpha value is -3.01. The SMILES string of the molecule is CN(C(=O)Nc1ccc(-c2cnn(C)c2)cc1)C1CCN(C#N)C1. The fraction of sp³-hybridized carbons (Fsp3) is 0.353. The zero-order chi connectivity index (χ0) is 17.1. The molecule has 7 nitrogen and oxygen atoms in total. The van der Waals surface area contributed by atoms with Crippen molar-refractivity contribution in [2.75, 3.05) is 25.5 Å². The van der Waals surface area contributed by atoms with E-state index in [4.69, 9.17) is 5.26 Å². The van der Waals surface area contributed by atoms with E-state index in [1.165, 1.54) is 0 Å². The zero-order valence-corrected chi connectivity index (χ0v) is 13.8. The Morgan fingerprint density at radius 1 is 1.38 bits per heavy atom. The fourth-order valence-corrected chi connectivity index (χ4v) is 2.84. The summed E-state index contributed by atoms with van der Waals surface area (Å²) in [5, 5.41) is 16.0. The van der Waals surface area contributed by atoms with Gasteiger partial charge in [0.15, 0.2) is 6.19 Å². The van der Waals surface area contributed by atoms with E-state index in [1.54, 1.807) is 21.5 Å². The molecule has 1 N–H and O–H groups in total. The summed E-state index contributed by atoms with van der Waals surface area (Å²) in [6, 6.07) is 7.58. The van der Waals surface area contributed by atoms with Crippen LogP contribution in [-0.4, -0.2) is 51.8 Å². The summed E-state index contributed by atoms with van der Waals surface area (Å²) in [5.41, 5.74) is 2.83. The number of carbonyl (C=O) groups excluding carboxylic acids is 1. The summed E-state index contributed by atoms with van der Waals surface area (Å²) in [6.45, 7) is 1.30. The van der Waals surface area contributed by atoms with Crippen LogP contribution in [0.15, 0.2) is 36.7 Å². The molecule has 1 saturated heterocycles. The minimum Gasteiger partial charge on any atom is -0.323 e. The van der Waals surface area contributed by atoms with Gasteiger partial charge in [0.2, 0.25) is 0 Å². The maximum absolute atomic E-state index is 12.4. The number of amides is 2. The van der Waals surface area contributed by atoms with Gasteiger partial charge in [-0.05, 0) is 24.1 Å². The van der Waals surface area contributed by atoms with Crippen molar-refractivity contribution in [1.82, 2.24) is 19.6 Å². The van der Waals surface area contributed by atoms with Crippen molar-refractivity contribution in [3.05, 3.63) is 36.7 Å². The lowest BCUT2D eigenvalue weighted by atomic mass is 10.1. The Balaban J connectivity index is 1.61. The number of nitrogens with zero attached hydrogens (tertiary/aromatic N) is 5. The summed E-state index contributed by atoms with van der Waals surface area (Å²) < 4.78 is 1.76. The van der Waals surface area contributed by atoms with Crippen LogP contribution in [0.5, 0.6) is 0 Å². The van der Waals surface area contributed by atoms with Crippen LogP contribution < -0.4 is 5.32 Å². The van der Waals surface area contributed by atoms with E-state index in [2.05, 4.69) is 16.6 Å². The minimum atomic E-state index is -0.158. The first-order chi connectivity index (χ1) is 11.6. The lowest BCUT2D eigenvalue weighted by Gasteiger charge is -2.24. The van der Waals surface area contributed by atoms with E-state index in [-0.39, 0.29) is 12.1 Å².